The van der Waals surface area contributed by atoms with Gasteiger partial charge < -0.3 is 11.1 Å². The molecule has 1 amide bonds. The largest absolute Gasteiger partial charge is 0.353 e. The van der Waals surface area contributed by atoms with Crippen LogP contribution >= 0.6 is 0 Å². The summed E-state index contributed by atoms with van der Waals surface area (Å²) in [5.41, 5.74) is 9.13. The Morgan fingerprint density at radius 2 is 1.95 bits per heavy atom. The highest BCUT2D eigenvalue weighted by Gasteiger charge is 2.15. The van der Waals surface area contributed by atoms with Crippen molar-refractivity contribution in [2.24, 2.45) is 11.7 Å². The molecule has 19 heavy (non-hydrogen) atoms. The van der Waals surface area contributed by atoms with Crippen LogP contribution < -0.4 is 11.1 Å². The Balaban J connectivity index is 2.61. The van der Waals surface area contributed by atoms with Crippen molar-refractivity contribution in [3.8, 4) is 0 Å². The Hall–Kier alpha value is -1.35. The second-order valence-corrected chi connectivity index (χ2v) is 5.59. The lowest BCUT2D eigenvalue weighted by molar-refractivity contribution is -0.121. The standard InChI is InChI=1S/C16H26N2O/c1-11(2)15(7-8-17)18-16(19)10-14-6-5-12(3)13(4)9-14/h5-6,9,11,15H,7-8,10,17H2,1-4H3,(H,18,19). The minimum atomic E-state index is 0.0791. The summed E-state index contributed by atoms with van der Waals surface area (Å²) >= 11 is 0. The average Bonchev–Trinajstić information content (AvgIpc) is 2.33. The molecule has 0 saturated heterocycles. The molecule has 0 bridgehead atoms. The van der Waals surface area contributed by atoms with Crippen molar-refractivity contribution < 1.29 is 4.79 Å². The Labute approximate surface area is 116 Å². The van der Waals surface area contributed by atoms with Gasteiger partial charge in [-0.3, -0.25) is 4.79 Å². The van der Waals surface area contributed by atoms with E-state index in [-0.39, 0.29) is 11.9 Å². The molecule has 0 aromatic heterocycles. The zero-order valence-electron chi connectivity index (χ0n) is 12.5. The van der Waals surface area contributed by atoms with E-state index in [1.807, 2.05) is 6.07 Å². The van der Waals surface area contributed by atoms with Gasteiger partial charge in [-0.15, -0.1) is 0 Å². The number of aryl methyl sites for hydroxylation is 2. The molecule has 1 rings (SSSR count). The molecular formula is C16H26N2O. The molecule has 0 aliphatic heterocycles. The van der Waals surface area contributed by atoms with E-state index < -0.39 is 0 Å². The van der Waals surface area contributed by atoms with Crippen molar-refractivity contribution in [1.82, 2.24) is 5.32 Å². The van der Waals surface area contributed by atoms with Gasteiger partial charge >= 0.3 is 0 Å². The maximum absolute atomic E-state index is 12.0. The maximum atomic E-state index is 12.0. The highest BCUT2D eigenvalue weighted by atomic mass is 16.1. The Morgan fingerprint density at radius 3 is 2.47 bits per heavy atom. The molecule has 106 valence electrons. The number of nitrogens with one attached hydrogen (secondary N) is 1. The highest BCUT2D eigenvalue weighted by molar-refractivity contribution is 5.79. The molecule has 0 heterocycles. The first kappa shape index (κ1) is 15.7. The molecule has 0 spiro atoms. The van der Waals surface area contributed by atoms with Crippen LogP contribution in [0.1, 0.15) is 37.0 Å². The van der Waals surface area contributed by atoms with Crippen LogP contribution in [-0.4, -0.2) is 18.5 Å². The number of nitrogens with two attached hydrogens (primary N) is 1. The van der Waals surface area contributed by atoms with E-state index >= 15 is 0 Å². The summed E-state index contributed by atoms with van der Waals surface area (Å²) in [6, 6.07) is 6.35. The minimum absolute atomic E-state index is 0.0791. The molecule has 3 heteroatoms. The smallest absolute Gasteiger partial charge is 0.224 e. The number of rotatable bonds is 6. The molecule has 3 N–H and O–H groups in total. The quantitative estimate of drug-likeness (QED) is 0.826. The van der Waals surface area contributed by atoms with E-state index in [1.54, 1.807) is 0 Å². The zero-order chi connectivity index (χ0) is 14.4. The molecule has 0 fully saturated rings. The number of carbonyl (C=O) groups is 1. The van der Waals surface area contributed by atoms with Crippen LogP contribution in [0.4, 0.5) is 0 Å². The van der Waals surface area contributed by atoms with Gasteiger partial charge in [0.25, 0.3) is 0 Å². The summed E-state index contributed by atoms with van der Waals surface area (Å²) in [4.78, 5) is 12.0. The summed E-state index contributed by atoms with van der Waals surface area (Å²) in [6.45, 7) is 8.97. The van der Waals surface area contributed by atoms with Crippen LogP contribution in [0.25, 0.3) is 0 Å². The topological polar surface area (TPSA) is 55.1 Å². The Kier molecular flexibility index (Phi) is 6.03. The van der Waals surface area contributed by atoms with Gasteiger partial charge in [-0.1, -0.05) is 32.0 Å². The van der Waals surface area contributed by atoms with Gasteiger partial charge in [0.1, 0.15) is 0 Å². The van der Waals surface area contributed by atoms with Crippen LogP contribution in [0.3, 0.4) is 0 Å². The third-order valence-corrected chi connectivity index (χ3v) is 3.56. The number of amides is 1. The molecule has 0 radical (unpaired) electrons. The van der Waals surface area contributed by atoms with E-state index in [1.165, 1.54) is 11.1 Å². The second-order valence-electron chi connectivity index (χ2n) is 5.59. The lowest BCUT2D eigenvalue weighted by Crippen LogP contribution is -2.40. The third-order valence-electron chi connectivity index (χ3n) is 3.56. The second kappa shape index (κ2) is 7.29. The summed E-state index contributed by atoms with van der Waals surface area (Å²) in [7, 11) is 0. The fourth-order valence-corrected chi connectivity index (χ4v) is 2.11. The number of carbonyl (C=O) groups excluding carboxylic acids is 1. The SMILES string of the molecule is Cc1ccc(CC(=O)NC(CCN)C(C)C)cc1C. The predicted molar refractivity (Wildman–Crippen MR) is 80.1 cm³/mol. The lowest BCUT2D eigenvalue weighted by Gasteiger charge is -2.21. The van der Waals surface area contributed by atoms with Gasteiger partial charge in [0.2, 0.25) is 5.91 Å². The Bertz CT molecular complexity index is 427. The van der Waals surface area contributed by atoms with Crippen LogP contribution in [0.15, 0.2) is 18.2 Å². The maximum Gasteiger partial charge on any atom is 0.224 e. The van der Waals surface area contributed by atoms with Crippen molar-refractivity contribution in [3.63, 3.8) is 0 Å². The van der Waals surface area contributed by atoms with Gasteiger partial charge in [0, 0.05) is 6.04 Å². The van der Waals surface area contributed by atoms with Gasteiger partial charge in [0.15, 0.2) is 0 Å². The van der Waals surface area contributed by atoms with Gasteiger partial charge in [0.05, 0.1) is 6.42 Å². The van der Waals surface area contributed by atoms with Gasteiger partial charge in [-0.2, -0.15) is 0 Å². The molecule has 0 aliphatic carbocycles. The van der Waals surface area contributed by atoms with E-state index in [0.29, 0.717) is 18.9 Å². The normalized spacial score (nSPS) is 12.5. The highest BCUT2D eigenvalue weighted by Crippen LogP contribution is 2.11. The predicted octanol–water partition coefficient (Wildman–Crippen LogP) is 2.34. The van der Waals surface area contributed by atoms with Crippen molar-refractivity contribution in [2.45, 2.75) is 46.6 Å². The van der Waals surface area contributed by atoms with E-state index in [4.69, 9.17) is 5.73 Å². The van der Waals surface area contributed by atoms with Crippen LogP contribution in [-0.2, 0) is 11.2 Å². The molecular weight excluding hydrogens is 236 g/mol. The monoisotopic (exact) mass is 262 g/mol. The average molecular weight is 262 g/mol. The first-order valence-electron chi connectivity index (χ1n) is 6.99. The summed E-state index contributed by atoms with van der Waals surface area (Å²) in [6.07, 6.45) is 1.27. The lowest BCUT2D eigenvalue weighted by atomic mass is 10.00. The van der Waals surface area contributed by atoms with Crippen molar-refractivity contribution >= 4 is 5.91 Å². The molecule has 1 unspecified atom stereocenters. The molecule has 1 aromatic rings. The first-order valence-corrected chi connectivity index (χ1v) is 6.99. The Morgan fingerprint density at radius 1 is 1.26 bits per heavy atom. The van der Waals surface area contributed by atoms with Gasteiger partial charge in [-0.05, 0) is 49.4 Å². The third kappa shape index (κ3) is 5.03. The molecule has 1 atom stereocenters. The summed E-state index contributed by atoms with van der Waals surface area (Å²) < 4.78 is 0. The molecule has 0 saturated carbocycles. The van der Waals surface area contributed by atoms with E-state index in [9.17, 15) is 4.79 Å². The fraction of sp³-hybridized carbons (Fsp3) is 0.562. The fourth-order valence-electron chi connectivity index (χ4n) is 2.11. The van der Waals surface area contributed by atoms with Crippen molar-refractivity contribution in [1.29, 1.82) is 0 Å². The van der Waals surface area contributed by atoms with Crippen LogP contribution in [0, 0.1) is 19.8 Å². The van der Waals surface area contributed by atoms with Crippen molar-refractivity contribution in [2.75, 3.05) is 6.54 Å². The molecule has 1 aromatic carbocycles. The molecule has 0 aliphatic rings. The summed E-state index contributed by atoms with van der Waals surface area (Å²) in [5, 5.41) is 3.08. The van der Waals surface area contributed by atoms with Crippen LogP contribution in [0.2, 0.25) is 0 Å². The zero-order valence-corrected chi connectivity index (χ0v) is 12.5. The van der Waals surface area contributed by atoms with Crippen LogP contribution in [0.5, 0.6) is 0 Å². The van der Waals surface area contributed by atoms with Crippen molar-refractivity contribution in [3.05, 3.63) is 34.9 Å². The number of hydrogen-bond donors (Lipinski definition) is 2. The summed E-state index contributed by atoms with van der Waals surface area (Å²) in [5.74, 6) is 0.489. The van der Waals surface area contributed by atoms with Gasteiger partial charge in [-0.25, -0.2) is 0 Å². The number of hydrogen-bond acceptors (Lipinski definition) is 2. The van der Waals surface area contributed by atoms with E-state index in [2.05, 4.69) is 45.1 Å². The molecule has 3 nitrogen and oxygen atoms in total. The van der Waals surface area contributed by atoms with E-state index in [0.717, 1.165) is 12.0 Å². The number of benzene rings is 1. The first-order chi connectivity index (χ1) is 8.93. The minimum Gasteiger partial charge on any atom is -0.353 e.